The van der Waals surface area contributed by atoms with Gasteiger partial charge in [0.1, 0.15) is 6.10 Å². The third-order valence-corrected chi connectivity index (χ3v) is 8.66. The van der Waals surface area contributed by atoms with Gasteiger partial charge in [0.25, 0.3) is 0 Å². The maximum absolute atomic E-state index is 12.8. The van der Waals surface area contributed by atoms with Gasteiger partial charge in [0.2, 0.25) is 0 Å². The highest BCUT2D eigenvalue weighted by molar-refractivity contribution is 14.2. The number of nitriles is 1. The van der Waals surface area contributed by atoms with Crippen LogP contribution in [0, 0.1) is 11.3 Å². The van der Waals surface area contributed by atoms with E-state index < -0.39 is 44.7 Å². The van der Waals surface area contributed by atoms with Gasteiger partial charge < -0.3 is 12.9 Å². The number of halogens is 1. The lowest BCUT2D eigenvalue weighted by Crippen LogP contribution is -2.27. The van der Waals surface area contributed by atoms with E-state index in [4.69, 9.17) is 13.1 Å². The highest BCUT2D eigenvalue weighted by Crippen LogP contribution is 2.48. The van der Waals surface area contributed by atoms with Crippen molar-refractivity contribution in [2.75, 3.05) is 0 Å². The van der Waals surface area contributed by atoms with Crippen LogP contribution in [0.1, 0.15) is 55.0 Å². The highest BCUT2D eigenvalue weighted by Gasteiger charge is 2.51. The summed E-state index contributed by atoms with van der Waals surface area (Å²) in [5.41, 5.74) is 5.41. The molecule has 1 amide bonds. The molecular weight excluding hydrogens is 607 g/mol. The second kappa shape index (κ2) is 10.9. The number of carbonyl (C=O) groups is 2. The number of hydrogen-bond acceptors (Lipinski definition) is 5. The van der Waals surface area contributed by atoms with Crippen molar-refractivity contribution in [3.05, 3.63) is 106 Å². The first-order chi connectivity index (χ1) is 18.8. The Hall–Kier alpha value is -4.19. The number of alkyl carbamates (subject to hydrolysis) is 1. The number of amides is 1. The largest absolute Gasteiger partial charge is 0.481 e. The fourth-order valence-corrected chi connectivity index (χ4v) is 5.88. The van der Waals surface area contributed by atoms with E-state index in [1.807, 2.05) is 61.5 Å². The van der Waals surface area contributed by atoms with Gasteiger partial charge in [-0.1, -0.05) is 60.7 Å². The number of nitrogens with one attached hydrogen (secondary N) is 1. The molecule has 0 saturated heterocycles. The summed E-state index contributed by atoms with van der Waals surface area (Å²) >= 11 is -0.788. The Kier molecular flexibility index (Phi) is 7.38. The Labute approximate surface area is 236 Å². The molecule has 7 nitrogen and oxygen atoms in total. The zero-order chi connectivity index (χ0) is 27.6. The lowest BCUT2D eigenvalue weighted by molar-refractivity contribution is -0.140. The second-order valence-electron chi connectivity index (χ2n) is 9.53. The molecule has 1 atom stereocenters. The summed E-state index contributed by atoms with van der Waals surface area (Å²) in [5.74, 6) is -0.199. The minimum absolute atomic E-state index is 0.498. The zero-order valence-corrected chi connectivity index (χ0v) is 23.5. The molecule has 1 unspecified atom stereocenters. The van der Waals surface area contributed by atoms with Gasteiger partial charge in [0.05, 0.1) is 22.7 Å². The fourth-order valence-electron chi connectivity index (χ4n) is 4.48. The lowest BCUT2D eigenvalue weighted by atomic mass is 9.93. The van der Waals surface area contributed by atoms with Crippen molar-refractivity contribution in [1.29, 1.82) is 5.26 Å². The van der Waals surface area contributed by atoms with Crippen molar-refractivity contribution in [3.63, 3.8) is 0 Å². The van der Waals surface area contributed by atoms with E-state index in [0.717, 1.165) is 33.4 Å². The van der Waals surface area contributed by atoms with Gasteiger partial charge >= 0.3 is 12.1 Å². The van der Waals surface area contributed by atoms with Gasteiger partial charge in [-0.25, -0.2) is 4.79 Å². The van der Waals surface area contributed by atoms with Gasteiger partial charge in [-0.05, 0) is 64.7 Å². The Morgan fingerprint density at radius 2 is 1.72 bits per heavy atom. The third kappa shape index (κ3) is 5.51. The molecule has 2 N–H and O–H groups in total. The van der Waals surface area contributed by atoms with E-state index >= 15 is 0 Å². The van der Waals surface area contributed by atoms with Gasteiger partial charge in [-0.15, -0.1) is 0 Å². The predicted molar refractivity (Wildman–Crippen MR) is 156 cm³/mol. The van der Waals surface area contributed by atoms with Crippen LogP contribution in [0.3, 0.4) is 0 Å². The predicted octanol–water partition coefficient (Wildman–Crippen LogP) is 6.76. The molecule has 3 aromatic rings. The fraction of sp³-hybridized carbons (Fsp3) is 0.194. The van der Waals surface area contributed by atoms with Crippen molar-refractivity contribution in [3.8, 4) is 17.2 Å². The number of aliphatic carboxylic acids is 1. The standard InChI is InChI=1S/C31H25IN2O5/c1-19-17-32-39-28(27(19)34-30(37)38-20(2)25-5-3-4-21(16-25)18-33)24-8-6-22(7-9-24)23-10-12-26(13-11-23)31(14-15-31)29(35)36/h3-13,16,20H,14-15H2,1-2H3,(H,34,37)(H,35,36). The van der Waals surface area contributed by atoms with Gasteiger partial charge in [0.15, 0.2) is 26.9 Å². The molecule has 1 aliphatic carbocycles. The van der Waals surface area contributed by atoms with Crippen LogP contribution in [-0.4, -0.2) is 20.8 Å². The van der Waals surface area contributed by atoms with Crippen LogP contribution in [0.25, 0.3) is 16.9 Å². The van der Waals surface area contributed by atoms with E-state index in [0.29, 0.717) is 29.9 Å². The van der Waals surface area contributed by atoms with Crippen molar-refractivity contribution < 1.29 is 22.5 Å². The molecule has 1 aliphatic heterocycles. The molecule has 0 aromatic heterocycles. The Morgan fingerprint density at radius 3 is 2.33 bits per heavy atom. The van der Waals surface area contributed by atoms with Crippen LogP contribution < -0.4 is 5.32 Å². The summed E-state index contributed by atoms with van der Waals surface area (Å²) in [6.07, 6.45) is 0.171. The van der Waals surface area contributed by atoms with Crippen molar-refractivity contribution >= 4 is 42.6 Å². The maximum atomic E-state index is 12.8. The molecule has 196 valence electrons. The van der Waals surface area contributed by atoms with Crippen LogP contribution in [0.2, 0.25) is 0 Å². The number of ether oxygens (including phenoxy) is 1. The van der Waals surface area contributed by atoms with E-state index in [2.05, 4.69) is 15.1 Å². The molecule has 1 heterocycles. The Morgan fingerprint density at radius 1 is 1.08 bits per heavy atom. The van der Waals surface area contributed by atoms with Crippen LogP contribution >= 0.6 is 21.1 Å². The van der Waals surface area contributed by atoms with Crippen molar-refractivity contribution in [2.24, 2.45) is 0 Å². The number of benzene rings is 3. The molecule has 5 rings (SSSR count). The molecular formula is C31H25IN2O5. The molecule has 39 heavy (non-hydrogen) atoms. The highest BCUT2D eigenvalue weighted by atomic mass is 127. The molecule has 0 spiro atoms. The first kappa shape index (κ1) is 26.4. The van der Waals surface area contributed by atoms with Crippen LogP contribution in [0.4, 0.5) is 4.79 Å². The lowest BCUT2D eigenvalue weighted by Gasteiger charge is -2.19. The van der Waals surface area contributed by atoms with Crippen LogP contribution in [0.15, 0.2) is 84.1 Å². The van der Waals surface area contributed by atoms with E-state index in [-0.39, 0.29) is 0 Å². The quantitative estimate of drug-likeness (QED) is 0.279. The smallest absolute Gasteiger partial charge is 0.412 e. The summed E-state index contributed by atoms with van der Waals surface area (Å²) in [7, 11) is 0. The zero-order valence-electron chi connectivity index (χ0n) is 21.3. The molecule has 1 saturated carbocycles. The molecule has 0 radical (unpaired) electrons. The van der Waals surface area contributed by atoms with E-state index in [1.165, 1.54) is 0 Å². The minimum Gasteiger partial charge on any atom is -0.481 e. The number of allylic oxidation sites excluding steroid dienone is 1. The first-order valence-corrected chi connectivity index (χ1v) is 14.3. The third-order valence-electron chi connectivity index (χ3n) is 6.97. The number of carboxylic acids is 1. The molecule has 0 bridgehead atoms. The summed E-state index contributed by atoms with van der Waals surface area (Å²) in [4.78, 5) is 24.4. The minimum atomic E-state index is -0.788. The maximum Gasteiger partial charge on any atom is 0.412 e. The summed E-state index contributed by atoms with van der Waals surface area (Å²) in [6.45, 7) is 3.62. The van der Waals surface area contributed by atoms with Crippen LogP contribution in [-0.2, 0) is 18.0 Å². The SMILES string of the molecule is CC1=C=IOC(c2ccc(-c3ccc(C4(C(=O)O)CC4)cc3)cc2)=C1NC(=O)OC(C)c1cccc(C#N)c1. The summed E-state index contributed by atoms with van der Waals surface area (Å²) in [6, 6.07) is 24.6. The topological polar surface area (TPSA) is 109 Å². The molecule has 1 fully saturated rings. The molecule has 2 aliphatic rings. The number of carboxylic acid groups (broad SMARTS) is 1. The monoisotopic (exact) mass is 632 g/mol. The Balaban J connectivity index is 1.33. The first-order valence-electron chi connectivity index (χ1n) is 12.4. The summed E-state index contributed by atoms with van der Waals surface area (Å²) in [5, 5.41) is 21.5. The molecule has 3 aromatic carbocycles. The van der Waals surface area contributed by atoms with E-state index in [9.17, 15) is 14.7 Å². The second-order valence-corrected chi connectivity index (χ2v) is 10.9. The number of carbonyl (C=O) groups excluding carboxylic acids is 1. The number of nitrogens with zero attached hydrogens (tertiary/aromatic N) is 1. The van der Waals surface area contributed by atoms with Gasteiger partial charge in [-0.2, -0.15) is 5.26 Å². The van der Waals surface area contributed by atoms with Crippen molar-refractivity contribution in [2.45, 2.75) is 38.2 Å². The normalized spacial score (nSPS) is 16.1. The average molecular weight is 632 g/mol. The Bertz CT molecular complexity index is 1590. The average Bonchev–Trinajstić information content (AvgIpc) is 3.77. The molecule has 8 heteroatoms. The van der Waals surface area contributed by atoms with Crippen LogP contribution in [0.5, 0.6) is 0 Å². The number of rotatable bonds is 7. The number of hydrogen-bond donors (Lipinski definition) is 2. The van der Waals surface area contributed by atoms with Gasteiger partial charge in [0, 0.05) is 11.1 Å². The summed E-state index contributed by atoms with van der Waals surface area (Å²) < 4.78 is 14.8. The van der Waals surface area contributed by atoms with Gasteiger partial charge in [-0.3, -0.25) is 10.1 Å². The van der Waals surface area contributed by atoms with E-state index in [1.54, 1.807) is 25.1 Å². The van der Waals surface area contributed by atoms with Crippen molar-refractivity contribution in [1.82, 2.24) is 5.32 Å².